The summed E-state index contributed by atoms with van der Waals surface area (Å²) in [6.45, 7) is 0. The van der Waals surface area contributed by atoms with E-state index in [4.69, 9.17) is 61.3 Å². The Morgan fingerprint density at radius 1 is 0.386 bits per heavy atom. The van der Waals surface area contributed by atoms with E-state index in [-0.39, 0.29) is 45.4 Å². The van der Waals surface area contributed by atoms with Gasteiger partial charge in [0.2, 0.25) is 0 Å². The van der Waals surface area contributed by atoms with Gasteiger partial charge in [0, 0.05) is 12.1 Å². The third-order valence-corrected chi connectivity index (χ3v) is 4.81. The minimum atomic E-state index is -1.35. The average molecular weight is 616 g/mol. The summed E-state index contributed by atoms with van der Waals surface area (Å²) in [7, 11) is 0. The fourth-order valence-electron chi connectivity index (χ4n) is 2.86. The summed E-state index contributed by atoms with van der Waals surface area (Å²) >= 11 is 0. The Balaban J connectivity index is 0.000000293. The van der Waals surface area contributed by atoms with Crippen LogP contribution in [0.4, 0.5) is 0 Å². The molecule has 16 heteroatoms. The van der Waals surface area contributed by atoms with Crippen LogP contribution in [0.1, 0.15) is 41.4 Å². The van der Waals surface area contributed by atoms with Gasteiger partial charge in [-0.05, 0) is 54.6 Å². The maximum absolute atomic E-state index is 10.3. The molecule has 0 aliphatic rings. The van der Waals surface area contributed by atoms with Crippen molar-refractivity contribution in [1.29, 1.82) is 0 Å². The Bertz CT molecular complexity index is 1620. The highest BCUT2D eigenvalue weighted by molar-refractivity contribution is 5.94. The van der Waals surface area contributed by atoms with Crippen molar-refractivity contribution in [3.8, 4) is 46.0 Å². The molecule has 4 aromatic carbocycles. The van der Waals surface area contributed by atoms with Gasteiger partial charge in [-0.2, -0.15) is 0 Å². The van der Waals surface area contributed by atoms with Crippen LogP contribution in [0.2, 0.25) is 0 Å². The quantitative estimate of drug-likeness (QED) is 0.146. The molecular formula is C28H24O16. The van der Waals surface area contributed by atoms with Gasteiger partial charge < -0.3 is 61.3 Å². The first-order valence-electron chi connectivity index (χ1n) is 11.5. The highest BCUT2D eigenvalue weighted by atomic mass is 16.4. The number of rotatable bonds is 4. The van der Waals surface area contributed by atoms with Crippen molar-refractivity contribution in [3.05, 3.63) is 95.1 Å². The molecule has 4 rings (SSSR count). The molecule has 12 N–H and O–H groups in total. The van der Waals surface area contributed by atoms with Gasteiger partial charge in [-0.15, -0.1) is 0 Å². The lowest BCUT2D eigenvalue weighted by atomic mass is 10.2. The van der Waals surface area contributed by atoms with Crippen molar-refractivity contribution < 1.29 is 80.5 Å². The zero-order valence-corrected chi connectivity index (χ0v) is 21.9. The number of hydrogen-bond acceptors (Lipinski definition) is 12. The lowest BCUT2D eigenvalue weighted by Gasteiger charge is -1.99. The van der Waals surface area contributed by atoms with Crippen molar-refractivity contribution in [2.24, 2.45) is 0 Å². The predicted octanol–water partition coefficient (Wildman–Crippen LogP) is 3.18. The third kappa shape index (κ3) is 11.0. The van der Waals surface area contributed by atoms with Gasteiger partial charge in [-0.3, -0.25) is 0 Å². The summed E-state index contributed by atoms with van der Waals surface area (Å²) in [4.78, 5) is 41.2. The van der Waals surface area contributed by atoms with Crippen LogP contribution in [0, 0.1) is 0 Å². The number of carboxylic acids is 4. The lowest BCUT2D eigenvalue weighted by molar-refractivity contribution is 0.0679. The third-order valence-electron chi connectivity index (χ3n) is 4.81. The summed E-state index contributed by atoms with van der Waals surface area (Å²) in [6, 6.07) is 13.6. The normalized spacial score (nSPS) is 9.45. The summed E-state index contributed by atoms with van der Waals surface area (Å²) in [5.41, 5.74) is -1.12. The molecule has 0 amide bonds. The van der Waals surface area contributed by atoms with E-state index >= 15 is 0 Å². The Labute approximate surface area is 245 Å². The minimum absolute atomic E-state index is 0.137. The molecule has 4 aromatic rings. The maximum Gasteiger partial charge on any atom is 0.343 e. The number of hydrogen-bond donors (Lipinski definition) is 12. The number of aromatic hydroxyl groups is 8. The van der Waals surface area contributed by atoms with Gasteiger partial charge >= 0.3 is 23.9 Å². The van der Waals surface area contributed by atoms with Crippen molar-refractivity contribution in [3.63, 3.8) is 0 Å². The van der Waals surface area contributed by atoms with Crippen molar-refractivity contribution in [1.82, 2.24) is 0 Å². The lowest BCUT2D eigenvalue weighted by Crippen LogP contribution is -1.96. The Morgan fingerprint density at radius 2 is 0.864 bits per heavy atom. The second kappa shape index (κ2) is 15.8. The fourth-order valence-corrected chi connectivity index (χ4v) is 2.86. The molecule has 0 radical (unpaired) electrons. The van der Waals surface area contributed by atoms with Crippen LogP contribution in [0.3, 0.4) is 0 Å². The van der Waals surface area contributed by atoms with Gasteiger partial charge in [0.1, 0.15) is 62.7 Å². The molecule has 0 aromatic heterocycles. The van der Waals surface area contributed by atoms with Gasteiger partial charge in [0.15, 0.2) is 0 Å². The Morgan fingerprint density at radius 3 is 1.25 bits per heavy atom. The van der Waals surface area contributed by atoms with Crippen LogP contribution in [0.25, 0.3) is 0 Å². The molecule has 0 bridgehead atoms. The highest BCUT2D eigenvalue weighted by Gasteiger charge is 2.13. The molecule has 0 spiro atoms. The predicted molar refractivity (Wildman–Crippen MR) is 147 cm³/mol. The molecule has 232 valence electrons. The molecule has 0 aliphatic carbocycles. The van der Waals surface area contributed by atoms with Crippen molar-refractivity contribution in [2.45, 2.75) is 0 Å². The van der Waals surface area contributed by atoms with Crippen LogP contribution in [0.5, 0.6) is 46.0 Å². The van der Waals surface area contributed by atoms with Crippen LogP contribution < -0.4 is 0 Å². The molecule has 0 saturated heterocycles. The topological polar surface area (TPSA) is 311 Å². The van der Waals surface area contributed by atoms with E-state index in [9.17, 15) is 19.2 Å². The van der Waals surface area contributed by atoms with Gasteiger partial charge in [-0.25, -0.2) is 19.2 Å². The number of benzene rings is 4. The van der Waals surface area contributed by atoms with Crippen LogP contribution in [-0.2, 0) is 0 Å². The van der Waals surface area contributed by atoms with E-state index in [0.29, 0.717) is 0 Å². The van der Waals surface area contributed by atoms with Crippen molar-refractivity contribution in [2.75, 3.05) is 0 Å². The molecule has 0 fully saturated rings. The standard InChI is InChI=1S/4C7H6O4/c8-5-1-4(7(10)11)2-6(9)3-5;8-4-1-2-6(9)5(3-4)7(10)11;8-4-1-2-5(7(10)11)6(9)3-4;8-4-2-1-3-5(9)6(4)7(10)11/h4*1-3,8-9H,(H,10,11). The van der Waals surface area contributed by atoms with Crippen LogP contribution in [0.15, 0.2) is 72.8 Å². The zero-order chi connectivity index (χ0) is 33.7. The van der Waals surface area contributed by atoms with Gasteiger partial charge in [0.25, 0.3) is 0 Å². The summed E-state index contributed by atoms with van der Waals surface area (Å²) < 4.78 is 0. The molecule has 16 nitrogen and oxygen atoms in total. The first-order valence-corrected chi connectivity index (χ1v) is 11.5. The minimum Gasteiger partial charge on any atom is -0.508 e. The summed E-state index contributed by atoms with van der Waals surface area (Å²) in [5, 5.41) is 105. The second-order valence-corrected chi connectivity index (χ2v) is 8.03. The monoisotopic (exact) mass is 616 g/mol. The number of phenols is 8. The van der Waals surface area contributed by atoms with E-state index in [1.54, 1.807) is 0 Å². The smallest absolute Gasteiger partial charge is 0.343 e. The average Bonchev–Trinajstić information content (AvgIpc) is 2.90. The van der Waals surface area contributed by atoms with E-state index in [1.807, 2.05) is 0 Å². The van der Waals surface area contributed by atoms with E-state index in [0.717, 1.165) is 42.5 Å². The van der Waals surface area contributed by atoms with Gasteiger partial charge in [0.05, 0.1) is 5.56 Å². The first kappa shape index (κ1) is 35.2. The molecule has 0 atom stereocenters. The highest BCUT2D eigenvalue weighted by Crippen LogP contribution is 2.26. The fraction of sp³-hybridized carbons (Fsp3) is 0. The van der Waals surface area contributed by atoms with Crippen molar-refractivity contribution >= 4 is 23.9 Å². The number of carbonyl (C=O) groups is 4. The van der Waals surface area contributed by atoms with E-state index in [1.165, 1.54) is 30.3 Å². The van der Waals surface area contributed by atoms with E-state index in [2.05, 4.69) is 0 Å². The Hall–Kier alpha value is -6.84. The maximum atomic E-state index is 10.3. The molecule has 0 unspecified atom stereocenters. The number of aromatic carboxylic acids is 4. The van der Waals surface area contributed by atoms with Crippen LogP contribution in [-0.4, -0.2) is 85.2 Å². The Kier molecular flexibility index (Phi) is 12.6. The van der Waals surface area contributed by atoms with Gasteiger partial charge in [-0.1, -0.05) is 6.07 Å². The SMILES string of the molecule is O=C(O)c1c(O)cccc1O.O=C(O)c1cc(O)cc(O)c1.O=C(O)c1cc(O)ccc1O.O=C(O)c1ccc(O)cc1O. The first-order chi connectivity index (χ1) is 20.4. The molecule has 0 heterocycles. The van der Waals surface area contributed by atoms with Crippen LogP contribution >= 0.6 is 0 Å². The number of phenolic OH excluding ortho intramolecular Hbond substituents is 4. The zero-order valence-electron chi connectivity index (χ0n) is 21.9. The summed E-state index contributed by atoms with van der Waals surface area (Å²) in [5.74, 6) is -7.53. The second-order valence-electron chi connectivity index (χ2n) is 8.03. The van der Waals surface area contributed by atoms with E-state index < -0.39 is 46.7 Å². The molecular weight excluding hydrogens is 592 g/mol. The largest absolute Gasteiger partial charge is 0.508 e. The summed E-state index contributed by atoms with van der Waals surface area (Å²) in [6.07, 6.45) is 0. The molecule has 0 aliphatic heterocycles. The number of carboxylic acid groups (broad SMARTS) is 4. The molecule has 44 heavy (non-hydrogen) atoms. The molecule has 0 saturated carbocycles.